The maximum atomic E-state index is 12.5. The number of nitrogens with one attached hydrogen (secondary N) is 1. The summed E-state index contributed by atoms with van der Waals surface area (Å²) in [6.07, 6.45) is 0. The summed E-state index contributed by atoms with van der Waals surface area (Å²) in [7, 11) is 1.89. The summed E-state index contributed by atoms with van der Waals surface area (Å²) in [5.41, 5.74) is 4.47. The number of likely N-dealkylation sites (N-methyl/N-ethyl adjacent to an activating group) is 1. The molecule has 30 heavy (non-hydrogen) atoms. The summed E-state index contributed by atoms with van der Waals surface area (Å²) < 4.78 is 6.96. The highest BCUT2D eigenvalue weighted by molar-refractivity contribution is 7.14. The molecule has 158 valence electrons. The quantitative estimate of drug-likeness (QED) is 0.555. The second-order valence-corrected chi connectivity index (χ2v) is 7.92. The van der Waals surface area contributed by atoms with Gasteiger partial charge in [-0.3, -0.25) is 9.69 Å². The van der Waals surface area contributed by atoms with Crippen molar-refractivity contribution < 1.29 is 14.3 Å². The van der Waals surface area contributed by atoms with Crippen molar-refractivity contribution in [3.63, 3.8) is 0 Å². The van der Waals surface area contributed by atoms with Gasteiger partial charge in [-0.15, -0.1) is 11.3 Å². The van der Waals surface area contributed by atoms with Gasteiger partial charge in [0, 0.05) is 17.8 Å². The number of amides is 1. The summed E-state index contributed by atoms with van der Waals surface area (Å²) in [4.78, 5) is 26.4. The molecule has 3 aromatic rings. The number of anilines is 1. The minimum atomic E-state index is -0.429. The third-order valence-corrected chi connectivity index (χ3v) is 5.53. The summed E-state index contributed by atoms with van der Waals surface area (Å²) in [5, 5.41) is 9.76. The molecule has 0 saturated heterocycles. The predicted molar refractivity (Wildman–Crippen MR) is 118 cm³/mol. The number of carbonyl (C=O) groups excluding carboxylic acids is 2. The number of aromatic nitrogens is 2. The lowest BCUT2D eigenvalue weighted by Crippen LogP contribution is -2.30. The van der Waals surface area contributed by atoms with Crippen LogP contribution >= 0.6 is 11.3 Å². The van der Waals surface area contributed by atoms with E-state index in [2.05, 4.69) is 10.4 Å². The first-order chi connectivity index (χ1) is 14.4. The van der Waals surface area contributed by atoms with Gasteiger partial charge in [-0.25, -0.2) is 9.48 Å². The molecule has 0 atom stereocenters. The van der Waals surface area contributed by atoms with Crippen molar-refractivity contribution in [2.45, 2.75) is 27.3 Å². The molecule has 0 unspecified atom stereocenters. The summed E-state index contributed by atoms with van der Waals surface area (Å²) >= 11 is 1.30. The summed E-state index contributed by atoms with van der Waals surface area (Å²) in [5.74, 6) is -0.613. The van der Waals surface area contributed by atoms with Crippen molar-refractivity contribution in [1.29, 1.82) is 0 Å². The Morgan fingerprint density at radius 2 is 1.93 bits per heavy atom. The Kier molecular flexibility index (Phi) is 7.02. The lowest BCUT2D eigenvalue weighted by atomic mass is 10.2. The van der Waals surface area contributed by atoms with Gasteiger partial charge in [0.15, 0.2) is 0 Å². The molecule has 2 heterocycles. The smallest absolute Gasteiger partial charge is 0.341 e. The van der Waals surface area contributed by atoms with Crippen LogP contribution in [-0.2, 0) is 16.1 Å². The molecule has 1 aromatic carbocycles. The van der Waals surface area contributed by atoms with E-state index in [0.717, 1.165) is 22.6 Å². The molecule has 0 radical (unpaired) electrons. The Hall–Kier alpha value is -2.97. The molecule has 3 rings (SSSR count). The number of thiophene rings is 1. The number of rotatable bonds is 8. The van der Waals surface area contributed by atoms with Crippen molar-refractivity contribution >= 4 is 28.2 Å². The van der Waals surface area contributed by atoms with Crippen LogP contribution in [0.4, 0.5) is 5.00 Å². The van der Waals surface area contributed by atoms with Gasteiger partial charge in [0.1, 0.15) is 5.00 Å². The van der Waals surface area contributed by atoms with Gasteiger partial charge in [-0.1, -0.05) is 18.2 Å². The first kappa shape index (κ1) is 21.7. The maximum Gasteiger partial charge on any atom is 0.341 e. The minimum absolute atomic E-state index is 0.184. The monoisotopic (exact) mass is 426 g/mol. The standard InChI is InChI=1S/C22H26N4O3S/c1-5-29-22(28)18-11-12-30-21(18)23-20(27)14-25(4)13-19-15(2)24-26(16(19)3)17-9-7-6-8-10-17/h6-12H,5,13-14H2,1-4H3,(H,23,27). The molecule has 8 heteroatoms. The van der Waals surface area contributed by atoms with E-state index in [9.17, 15) is 9.59 Å². The highest BCUT2D eigenvalue weighted by atomic mass is 32.1. The van der Waals surface area contributed by atoms with E-state index >= 15 is 0 Å². The Morgan fingerprint density at radius 1 is 1.20 bits per heavy atom. The molecule has 1 amide bonds. The van der Waals surface area contributed by atoms with Crippen molar-refractivity contribution in [1.82, 2.24) is 14.7 Å². The van der Waals surface area contributed by atoms with Crippen molar-refractivity contribution in [3.05, 3.63) is 64.3 Å². The van der Waals surface area contributed by atoms with Gasteiger partial charge in [0.05, 0.1) is 30.1 Å². The number of ether oxygens (including phenoxy) is 1. The zero-order valence-corrected chi connectivity index (χ0v) is 18.5. The van der Waals surface area contributed by atoms with Crippen LogP contribution in [0.25, 0.3) is 5.69 Å². The van der Waals surface area contributed by atoms with Gasteiger partial charge in [0.25, 0.3) is 0 Å². The van der Waals surface area contributed by atoms with Crippen molar-refractivity contribution in [3.8, 4) is 5.69 Å². The predicted octanol–water partition coefficient (Wildman–Crippen LogP) is 3.80. The lowest BCUT2D eigenvalue weighted by Gasteiger charge is -2.17. The molecule has 1 N–H and O–H groups in total. The van der Waals surface area contributed by atoms with Crippen LogP contribution < -0.4 is 5.32 Å². The van der Waals surface area contributed by atoms with Crippen LogP contribution in [0.3, 0.4) is 0 Å². The van der Waals surface area contributed by atoms with Crippen LogP contribution in [0.2, 0.25) is 0 Å². The first-order valence-electron chi connectivity index (χ1n) is 9.74. The lowest BCUT2D eigenvalue weighted by molar-refractivity contribution is -0.117. The molecule has 0 spiro atoms. The van der Waals surface area contributed by atoms with Crippen LogP contribution in [0.1, 0.15) is 34.2 Å². The second kappa shape index (κ2) is 9.69. The number of benzene rings is 1. The Bertz CT molecular complexity index is 1030. The summed E-state index contributed by atoms with van der Waals surface area (Å²) in [6.45, 7) is 6.84. The number of nitrogens with zero attached hydrogens (tertiary/aromatic N) is 3. The molecular formula is C22H26N4O3S. The topological polar surface area (TPSA) is 76.5 Å². The maximum absolute atomic E-state index is 12.5. The fourth-order valence-corrected chi connectivity index (χ4v) is 4.03. The molecule has 0 bridgehead atoms. The average Bonchev–Trinajstić information content (AvgIpc) is 3.28. The van der Waals surface area contributed by atoms with Gasteiger partial charge in [-0.05, 0) is 51.4 Å². The molecule has 0 saturated carbocycles. The molecule has 0 aliphatic rings. The Morgan fingerprint density at radius 3 is 2.63 bits per heavy atom. The van der Waals surface area contributed by atoms with E-state index in [4.69, 9.17) is 4.74 Å². The SMILES string of the molecule is CCOC(=O)c1ccsc1NC(=O)CN(C)Cc1c(C)nn(-c2ccccc2)c1C. The Labute approximate surface area is 180 Å². The third-order valence-electron chi connectivity index (χ3n) is 4.70. The Balaban J connectivity index is 1.65. The normalized spacial score (nSPS) is 11.0. The number of carbonyl (C=O) groups is 2. The fraction of sp³-hybridized carbons (Fsp3) is 0.318. The molecule has 0 aliphatic heterocycles. The van der Waals surface area contributed by atoms with Crippen molar-refractivity contribution in [2.24, 2.45) is 0 Å². The molecule has 0 aliphatic carbocycles. The number of aryl methyl sites for hydroxylation is 1. The molecular weight excluding hydrogens is 400 g/mol. The van der Waals surface area contributed by atoms with E-state index in [1.165, 1.54) is 11.3 Å². The third kappa shape index (κ3) is 4.95. The number of hydrogen-bond acceptors (Lipinski definition) is 6. The molecule has 7 nitrogen and oxygen atoms in total. The number of para-hydroxylation sites is 1. The van der Waals surface area contributed by atoms with E-state index < -0.39 is 5.97 Å². The highest BCUT2D eigenvalue weighted by Gasteiger charge is 2.19. The van der Waals surface area contributed by atoms with Crippen molar-refractivity contribution in [2.75, 3.05) is 25.5 Å². The minimum Gasteiger partial charge on any atom is -0.462 e. The van der Waals surface area contributed by atoms with Crippen LogP contribution in [0, 0.1) is 13.8 Å². The largest absolute Gasteiger partial charge is 0.462 e. The fourth-order valence-electron chi connectivity index (χ4n) is 3.24. The van der Waals surface area contributed by atoms with Gasteiger partial charge < -0.3 is 10.1 Å². The number of hydrogen-bond donors (Lipinski definition) is 1. The zero-order valence-electron chi connectivity index (χ0n) is 17.6. The van der Waals surface area contributed by atoms with Crippen LogP contribution in [-0.4, -0.2) is 46.8 Å². The first-order valence-corrected chi connectivity index (χ1v) is 10.6. The zero-order chi connectivity index (χ0) is 21.7. The molecule has 0 fully saturated rings. The van der Waals surface area contributed by atoms with E-state index in [1.807, 2.05) is 60.8 Å². The second-order valence-electron chi connectivity index (χ2n) is 7.00. The van der Waals surface area contributed by atoms with Crippen LogP contribution in [0.5, 0.6) is 0 Å². The van der Waals surface area contributed by atoms with E-state index in [1.54, 1.807) is 18.4 Å². The van der Waals surface area contributed by atoms with E-state index in [-0.39, 0.29) is 12.5 Å². The van der Waals surface area contributed by atoms with Gasteiger partial charge in [0.2, 0.25) is 5.91 Å². The summed E-state index contributed by atoms with van der Waals surface area (Å²) in [6, 6.07) is 11.6. The van der Waals surface area contributed by atoms with E-state index in [0.29, 0.717) is 23.7 Å². The van der Waals surface area contributed by atoms with Gasteiger partial charge >= 0.3 is 5.97 Å². The molecule has 2 aromatic heterocycles. The average molecular weight is 427 g/mol. The number of esters is 1. The van der Waals surface area contributed by atoms with Gasteiger partial charge in [-0.2, -0.15) is 5.10 Å². The van der Waals surface area contributed by atoms with Crippen LogP contribution in [0.15, 0.2) is 41.8 Å². The highest BCUT2D eigenvalue weighted by Crippen LogP contribution is 2.24.